The molecule has 1 aliphatic carbocycles. The average molecular weight is 218 g/mol. The molecule has 0 aromatic heterocycles. The molecule has 2 heteroatoms. The minimum atomic E-state index is 0.339. The van der Waals surface area contributed by atoms with Gasteiger partial charge in [0.15, 0.2) is 0 Å². The molecule has 16 heavy (non-hydrogen) atoms. The van der Waals surface area contributed by atoms with Gasteiger partial charge in [0.25, 0.3) is 0 Å². The molecule has 0 saturated heterocycles. The van der Waals surface area contributed by atoms with Gasteiger partial charge in [-0.05, 0) is 44.7 Å². The maximum absolute atomic E-state index is 6.16. The highest BCUT2D eigenvalue weighted by atomic mass is 15.2. The molecule has 2 N–H and O–H groups in total. The number of benzene rings is 1. The summed E-state index contributed by atoms with van der Waals surface area (Å²) in [6.45, 7) is 4.32. The van der Waals surface area contributed by atoms with Crippen molar-refractivity contribution in [2.24, 2.45) is 5.73 Å². The van der Waals surface area contributed by atoms with Crippen LogP contribution in [0.2, 0.25) is 0 Å². The van der Waals surface area contributed by atoms with Gasteiger partial charge in [0.1, 0.15) is 0 Å². The van der Waals surface area contributed by atoms with E-state index in [1.54, 1.807) is 0 Å². The average Bonchev–Trinajstić information content (AvgIpc) is 2.63. The second-order valence-electron chi connectivity index (χ2n) is 5.06. The molecule has 0 bridgehead atoms. The van der Waals surface area contributed by atoms with Gasteiger partial charge in [-0.2, -0.15) is 0 Å². The Morgan fingerprint density at radius 2 is 2.00 bits per heavy atom. The van der Waals surface area contributed by atoms with Gasteiger partial charge in [-0.15, -0.1) is 0 Å². The lowest BCUT2D eigenvalue weighted by molar-refractivity contribution is 0.572. The lowest BCUT2D eigenvalue weighted by Crippen LogP contribution is -2.42. The molecule has 2 unspecified atom stereocenters. The van der Waals surface area contributed by atoms with Crippen molar-refractivity contribution < 1.29 is 0 Å². The Morgan fingerprint density at radius 1 is 1.25 bits per heavy atom. The summed E-state index contributed by atoms with van der Waals surface area (Å²) in [7, 11) is 2.17. The van der Waals surface area contributed by atoms with Crippen molar-refractivity contribution in [2.45, 2.75) is 45.2 Å². The summed E-state index contributed by atoms with van der Waals surface area (Å²) < 4.78 is 0. The first-order chi connectivity index (χ1) is 7.59. The number of aryl methyl sites for hydroxylation is 2. The highest BCUT2D eigenvalue weighted by Crippen LogP contribution is 2.28. The Morgan fingerprint density at radius 3 is 2.56 bits per heavy atom. The minimum absolute atomic E-state index is 0.339. The molecule has 1 aromatic carbocycles. The summed E-state index contributed by atoms with van der Waals surface area (Å²) >= 11 is 0. The summed E-state index contributed by atoms with van der Waals surface area (Å²) in [4.78, 5) is 2.37. The fraction of sp³-hybridized carbons (Fsp3) is 0.571. The highest BCUT2D eigenvalue weighted by Gasteiger charge is 2.28. The lowest BCUT2D eigenvalue weighted by Gasteiger charge is -2.31. The molecular weight excluding hydrogens is 196 g/mol. The van der Waals surface area contributed by atoms with Crippen molar-refractivity contribution in [1.29, 1.82) is 0 Å². The molecule has 0 heterocycles. The molecule has 88 valence electrons. The van der Waals surface area contributed by atoms with Gasteiger partial charge in [0, 0.05) is 24.8 Å². The molecule has 0 radical (unpaired) electrons. The largest absolute Gasteiger partial charge is 0.370 e. The summed E-state index contributed by atoms with van der Waals surface area (Å²) in [5.41, 5.74) is 10.2. The predicted molar refractivity (Wildman–Crippen MR) is 69.9 cm³/mol. The van der Waals surface area contributed by atoms with Crippen molar-refractivity contribution in [1.82, 2.24) is 0 Å². The van der Waals surface area contributed by atoms with Crippen molar-refractivity contribution >= 4 is 5.69 Å². The molecule has 1 fully saturated rings. The zero-order chi connectivity index (χ0) is 11.7. The van der Waals surface area contributed by atoms with Crippen molar-refractivity contribution in [2.75, 3.05) is 11.9 Å². The maximum atomic E-state index is 6.16. The van der Waals surface area contributed by atoms with Crippen LogP contribution in [0.15, 0.2) is 18.2 Å². The molecule has 2 atom stereocenters. The number of hydrogen-bond acceptors (Lipinski definition) is 2. The standard InChI is InChI=1S/C14H22N2/c1-10-7-8-13(11(2)9-10)16(3)14-6-4-5-12(14)15/h7-9,12,14H,4-6,15H2,1-3H3. The van der Waals surface area contributed by atoms with Crippen LogP contribution in [-0.2, 0) is 0 Å². The van der Waals surface area contributed by atoms with E-state index >= 15 is 0 Å². The summed E-state index contributed by atoms with van der Waals surface area (Å²) in [5.74, 6) is 0. The molecule has 0 aliphatic heterocycles. The van der Waals surface area contributed by atoms with E-state index in [1.165, 1.54) is 36.1 Å². The van der Waals surface area contributed by atoms with Gasteiger partial charge in [-0.3, -0.25) is 0 Å². The normalized spacial score (nSPS) is 24.8. The molecule has 2 rings (SSSR count). The van der Waals surface area contributed by atoms with Gasteiger partial charge in [-0.25, -0.2) is 0 Å². The summed E-state index contributed by atoms with van der Waals surface area (Å²) in [5, 5.41) is 0. The number of nitrogens with zero attached hydrogens (tertiary/aromatic N) is 1. The summed E-state index contributed by atoms with van der Waals surface area (Å²) in [6, 6.07) is 7.49. The number of anilines is 1. The van der Waals surface area contributed by atoms with Gasteiger partial charge in [0.05, 0.1) is 0 Å². The predicted octanol–water partition coefficient (Wildman–Crippen LogP) is 2.62. The molecule has 0 amide bonds. The third-order valence-electron chi connectivity index (χ3n) is 3.76. The van der Waals surface area contributed by atoms with E-state index in [9.17, 15) is 0 Å². The molecule has 1 aliphatic rings. The zero-order valence-electron chi connectivity index (χ0n) is 10.5. The fourth-order valence-corrected chi connectivity index (χ4v) is 2.83. The quantitative estimate of drug-likeness (QED) is 0.827. The number of nitrogens with two attached hydrogens (primary N) is 1. The second-order valence-corrected chi connectivity index (χ2v) is 5.06. The van der Waals surface area contributed by atoms with Crippen LogP contribution in [0.4, 0.5) is 5.69 Å². The SMILES string of the molecule is Cc1ccc(N(C)C2CCCC2N)c(C)c1. The molecular formula is C14H22N2. The third-order valence-corrected chi connectivity index (χ3v) is 3.76. The number of rotatable bonds is 2. The first-order valence-electron chi connectivity index (χ1n) is 6.15. The molecule has 1 aromatic rings. The van der Waals surface area contributed by atoms with Crippen molar-refractivity contribution in [3.05, 3.63) is 29.3 Å². The van der Waals surface area contributed by atoms with E-state index in [1.807, 2.05) is 0 Å². The van der Waals surface area contributed by atoms with E-state index in [0.717, 1.165) is 0 Å². The Balaban J connectivity index is 2.23. The van der Waals surface area contributed by atoms with Crippen LogP contribution in [0.5, 0.6) is 0 Å². The molecule has 0 spiro atoms. The summed E-state index contributed by atoms with van der Waals surface area (Å²) in [6.07, 6.45) is 3.66. The van der Waals surface area contributed by atoms with Crippen LogP contribution in [0, 0.1) is 13.8 Å². The number of likely N-dealkylation sites (N-methyl/N-ethyl adjacent to an activating group) is 1. The van der Waals surface area contributed by atoms with Crippen LogP contribution in [0.3, 0.4) is 0 Å². The lowest BCUT2D eigenvalue weighted by atomic mass is 10.1. The first kappa shape index (κ1) is 11.5. The first-order valence-corrected chi connectivity index (χ1v) is 6.15. The van der Waals surface area contributed by atoms with E-state index in [2.05, 4.69) is 44.0 Å². The Hall–Kier alpha value is -1.02. The van der Waals surface area contributed by atoms with E-state index in [-0.39, 0.29) is 0 Å². The van der Waals surface area contributed by atoms with Gasteiger partial charge < -0.3 is 10.6 Å². The highest BCUT2D eigenvalue weighted by molar-refractivity contribution is 5.54. The maximum Gasteiger partial charge on any atom is 0.0437 e. The Labute approximate surface area is 98.4 Å². The van der Waals surface area contributed by atoms with Crippen LogP contribution in [0.1, 0.15) is 30.4 Å². The van der Waals surface area contributed by atoms with Crippen LogP contribution >= 0.6 is 0 Å². The zero-order valence-corrected chi connectivity index (χ0v) is 10.5. The van der Waals surface area contributed by atoms with Crippen molar-refractivity contribution in [3.63, 3.8) is 0 Å². The third kappa shape index (κ3) is 2.07. The topological polar surface area (TPSA) is 29.3 Å². The smallest absolute Gasteiger partial charge is 0.0437 e. The van der Waals surface area contributed by atoms with E-state index < -0.39 is 0 Å². The minimum Gasteiger partial charge on any atom is -0.370 e. The van der Waals surface area contributed by atoms with E-state index in [4.69, 9.17) is 5.73 Å². The van der Waals surface area contributed by atoms with Gasteiger partial charge in [0.2, 0.25) is 0 Å². The number of hydrogen-bond donors (Lipinski definition) is 1. The second kappa shape index (κ2) is 4.46. The Kier molecular flexibility index (Phi) is 3.20. The molecule has 1 saturated carbocycles. The van der Waals surface area contributed by atoms with Crippen LogP contribution in [0.25, 0.3) is 0 Å². The molecule has 2 nitrogen and oxygen atoms in total. The Bertz CT molecular complexity index is 373. The van der Waals surface area contributed by atoms with Gasteiger partial charge >= 0.3 is 0 Å². The van der Waals surface area contributed by atoms with E-state index in [0.29, 0.717) is 12.1 Å². The van der Waals surface area contributed by atoms with Crippen LogP contribution in [-0.4, -0.2) is 19.1 Å². The fourth-order valence-electron chi connectivity index (χ4n) is 2.83. The van der Waals surface area contributed by atoms with Crippen molar-refractivity contribution in [3.8, 4) is 0 Å². The monoisotopic (exact) mass is 218 g/mol. The van der Waals surface area contributed by atoms with Gasteiger partial charge in [-0.1, -0.05) is 17.7 Å². The van der Waals surface area contributed by atoms with Crippen LogP contribution < -0.4 is 10.6 Å².